The molecule has 0 unspecified atom stereocenters. The van der Waals surface area contributed by atoms with Crippen molar-refractivity contribution in [3.8, 4) is 0 Å². The van der Waals surface area contributed by atoms with Crippen LogP contribution in [-0.2, 0) is 9.59 Å². The van der Waals surface area contributed by atoms with Crippen molar-refractivity contribution in [2.75, 3.05) is 31.5 Å². The number of halogens is 1. The van der Waals surface area contributed by atoms with Gasteiger partial charge in [-0.15, -0.1) is 0 Å². The van der Waals surface area contributed by atoms with Crippen LogP contribution in [0.3, 0.4) is 0 Å². The summed E-state index contributed by atoms with van der Waals surface area (Å²) < 4.78 is 13.9. The average Bonchev–Trinajstić information content (AvgIpc) is 3.41. The molecule has 2 aliphatic rings. The largest absolute Gasteiger partial charge is 0.340 e. The van der Waals surface area contributed by atoms with Crippen LogP contribution >= 0.6 is 0 Å². The van der Waals surface area contributed by atoms with Crippen LogP contribution in [0.4, 0.5) is 10.1 Å². The average molecular weight is 333 g/mol. The van der Waals surface area contributed by atoms with E-state index in [0.29, 0.717) is 26.2 Å². The Kier molecular flexibility index (Phi) is 4.85. The lowest BCUT2D eigenvalue weighted by Gasteiger charge is -2.37. The highest BCUT2D eigenvalue weighted by atomic mass is 19.1. The number of anilines is 1. The van der Waals surface area contributed by atoms with Gasteiger partial charge in [-0.25, -0.2) is 4.39 Å². The molecule has 1 atom stereocenters. The van der Waals surface area contributed by atoms with Crippen molar-refractivity contribution in [1.29, 1.82) is 0 Å². The summed E-state index contributed by atoms with van der Waals surface area (Å²) in [7, 11) is 0. The number of piperazine rings is 1. The first-order valence-corrected chi connectivity index (χ1v) is 8.55. The number of carbonyl (C=O) groups is 2. The maximum atomic E-state index is 13.9. The molecule has 3 rings (SSSR count). The number of aryl methyl sites for hydroxylation is 1. The summed E-state index contributed by atoms with van der Waals surface area (Å²) in [4.78, 5) is 28.4. The molecule has 130 valence electrons. The van der Waals surface area contributed by atoms with Gasteiger partial charge in [0.1, 0.15) is 5.82 Å². The number of nitrogens with one attached hydrogen (secondary N) is 1. The van der Waals surface area contributed by atoms with Gasteiger partial charge in [0, 0.05) is 32.1 Å². The first-order chi connectivity index (χ1) is 11.5. The number of amides is 2. The van der Waals surface area contributed by atoms with Crippen LogP contribution in [0.5, 0.6) is 0 Å². The molecule has 5 nitrogen and oxygen atoms in total. The molecule has 1 heterocycles. The van der Waals surface area contributed by atoms with Crippen molar-refractivity contribution < 1.29 is 14.0 Å². The minimum atomic E-state index is -0.421. The summed E-state index contributed by atoms with van der Waals surface area (Å²) >= 11 is 0. The Hall–Kier alpha value is -1.95. The number of hydrogen-bond donors (Lipinski definition) is 1. The highest BCUT2D eigenvalue weighted by molar-refractivity contribution is 5.94. The number of benzene rings is 1. The number of rotatable bonds is 4. The predicted molar refractivity (Wildman–Crippen MR) is 90.1 cm³/mol. The van der Waals surface area contributed by atoms with Crippen LogP contribution in [0.1, 0.15) is 25.3 Å². The molecule has 0 bridgehead atoms. The van der Waals surface area contributed by atoms with E-state index in [-0.39, 0.29) is 29.5 Å². The van der Waals surface area contributed by atoms with Crippen LogP contribution in [0.15, 0.2) is 18.2 Å². The number of nitrogens with zero attached hydrogens (tertiary/aromatic N) is 2. The molecule has 0 spiro atoms. The molecule has 1 aromatic carbocycles. The molecule has 1 aliphatic heterocycles. The number of carbonyl (C=O) groups excluding carboxylic acids is 2. The highest BCUT2D eigenvalue weighted by Crippen LogP contribution is 2.31. The van der Waals surface area contributed by atoms with Gasteiger partial charge in [0.25, 0.3) is 0 Å². The summed E-state index contributed by atoms with van der Waals surface area (Å²) in [6.45, 7) is 6.28. The van der Waals surface area contributed by atoms with Crippen LogP contribution in [0, 0.1) is 18.7 Å². The zero-order valence-electron chi connectivity index (χ0n) is 14.2. The maximum absolute atomic E-state index is 13.9. The smallest absolute Gasteiger partial charge is 0.241 e. The van der Waals surface area contributed by atoms with Gasteiger partial charge < -0.3 is 10.2 Å². The van der Waals surface area contributed by atoms with Crippen molar-refractivity contribution in [2.45, 2.75) is 32.7 Å². The highest BCUT2D eigenvalue weighted by Gasteiger charge is 2.35. The second-order valence-electron chi connectivity index (χ2n) is 6.78. The lowest BCUT2D eigenvalue weighted by atomic mass is 10.2. The van der Waals surface area contributed by atoms with Gasteiger partial charge in [-0.05, 0) is 44.4 Å². The van der Waals surface area contributed by atoms with Crippen molar-refractivity contribution in [3.05, 3.63) is 29.6 Å². The van der Waals surface area contributed by atoms with Crippen molar-refractivity contribution >= 4 is 17.5 Å². The van der Waals surface area contributed by atoms with Crippen molar-refractivity contribution in [1.82, 2.24) is 9.80 Å². The van der Waals surface area contributed by atoms with E-state index in [0.717, 1.165) is 18.4 Å². The third-order valence-corrected chi connectivity index (χ3v) is 4.86. The first kappa shape index (κ1) is 16.9. The monoisotopic (exact) mass is 333 g/mol. The Balaban J connectivity index is 1.53. The fraction of sp³-hybridized carbons (Fsp3) is 0.556. The Labute approximate surface area is 141 Å². The molecule has 6 heteroatoms. The molecule has 1 aliphatic carbocycles. The lowest BCUT2D eigenvalue weighted by molar-refractivity contribution is -0.135. The fourth-order valence-corrected chi connectivity index (χ4v) is 3.04. The van der Waals surface area contributed by atoms with Gasteiger partial charge in [0.05, 0.1) is 11.7 Å². The maximum Gasteiger partial charge on any atom is 0.241 e. The molecule has 0 aromatic heterocycles. The fourth-order valence-electron chi connectivity index (χ4n) is 3.04. The van der Waals surface area contributed by atoms with E-state index in [1.165, 1.54) is 6.07 Å². The van der Waals surface area contributed by atoms with Gasteiger partial charge in [-0.3, -0.25) is 14.5 Å². The summed E-state index contributed by atoms with van der Waals surface area (Å²) in [6.07, 6.45) is 2.03. The van der Waals surface area contributed by atoms with E-state index in [1.807, 2.05) is 16.7 Å². The zero-order chi connectivity index (χ0) is 17.3. The predicted octanol–water partition coefficient (Wildman–Crippen LogP) is 2.02. The molecule has 1 aromatic rings. The molecule has 1 saturated heterocycles. The molecule has 0 radical (unpaired) electrons. The van der Waals surface area contributed by atoms with Crippen LogP contribution in [0.25, 0.3) is 0 Å². The van der Waals surface area contributed by atoms with Gasteiger partial charge in [0.2, 0.25) is 11.8 Å². The van der Waals surface area contributed by atoms with Gasteiger partial charge >= 0.3 is 0 Å². The minimum absolute atomic E-state index is 0.208. The van der Waals surface area contributed by atoms with Crippen molar-refractivity contribution in [3.63, 3.8) is 0 Å². The molecular weight excluding hydrogens is 309 g/mol. The van der Waals surface area contributed by atoms with E-state index in [9.17, 15) is 14.0 Å². The molecule has 24 heavy (non-hydrogen) atoms. The second-order valence-corrected chi connectivity index (χ2v) is 6.78. The molecule has 1 N–H and O–H groups in total. The summed E-state index contributed by atoms with van der Waals surface area (Å²) in [5.41, 5.74) is 1.02. The van der Waals surface area contributed by atoms with Gasteiger partial charge in [-0.1, -0.05) is 6.07 Å². The molecular formula is C18H24FN3O2. The Bertz CT molecular complexity index is 637. The molecule has 1 saturated carbocycles. The third-order valence-electron chi connectivity index (χ3n) is 4.86. The second kappa shape index (κ2) is 6.89. The van der Waals surface area contributed by atoms with Gasteiger partial charge in [0.15, 0.2) is 0 Å². The zero-order valence-corrected chi connectivity index (χ0v) is 14.2. The topological polar surface area (TPSA) is 52.7 Å². The van der Waals surface area contributed by atoms with Crippen LogP contribution in [0.2, 0.25) is 0 Å². The Morgan fingerprint density at radius 1 is 1.21 bits per heavy atom. The standard InChI is InChI=1S/C18H24FN3O2/c1-12-3-6-16(15(19)11-12)20-17(23)13(2)21-7-9-22(10-8-21)18(24)14-4-5-14/h3,6,11,13-14H,4-5,7-10H2,1-2H3,(H,20,23)/t13-/m1/s1. The normalized spacial score (nSPS) is 19.9. The van der Waals surface area contributed by atoms with Crippen molar-refractivity contribution in [2.24, 2.45) is 5.92 Å². The van der Waals surface area contributed by atoms with E-state index in [1.54, 1.807) is 19.1 Å². The Morgan fingerprint density at radius 3 is 2.46 bits per heavy atom. The molecule has 2 fully saturated rings. The lowest BCUT2D eigenvalue weighted by Crippen LogP contribution is -2.54. The quantitative estimate of drug-likeness (QED) is 0.917. The third kappa shape index (κ3) is 3.75. The number of hydrogen-bond acceptors (Lipinski definition) is 3. The summed E-state index contributed by atoms with van der Waals surface area (Å²) in [6, 6.07) is 4.40. The Morgan fingerprint density at radius 2 is 1.88 bits per heavy atom. The SMILES string of the molecule is Cc1ccc(NC(=O)[C@@H](C)N2CCN(C(=O)C3CC3)CC2)c(F)c1. The minimum Gasteiger partial charge on any atom is -0.340 e. The first-order valence-electron chi connectivity index (χ1n) is 8.55. The van der Waals surface area contributed by atoms with E-state index < -0.39 is 5.82 Å². The van der Waals surface area contributed by atoms with Gasteiger partial charge in [-0.2, -0.15) is 0 Å². The van der Waals surface area contributed by atoms with Crippen LogP contribution in [-0.4, -0.2) is 53.8 Å². The summed E-state index contributed by atoms with van der Waals surface area (Å²) in [5.74, 6) is -0.148. The van der Waals surface area contributed by atoms with E-state index in [2.05, 4.69) is 5.32 Å². The van der Waals surface area contributed by atoms with Crippen LogP contribution < -0.4 is 5.32 Å². The molecule has 2 amide bonds. The van der Waals surface area contributed by atoms with E-state index >= 15 is 0 Å². The summed E-state index contributed by atoms with van der Waals surface area (Å²) in [5, 5.41) is 2.66. The van der Waals surface area contributed by atoms with E-state index in [4.69, 9.17) is 0 Å².